The summed E-state index contributed by atoms with van der Waals surface area (Å²) in [6, 6.07) is 4.38. The number of para-hydroxylation sites is 1. The van der Waals surface area contributed by atoms with E-state index in [4.69, 9.17) is 0 Å². The molecule has 1 aliphatic heterocycles. The number of anilines is 1. The van der Waals surface area contributed by atoms with Crippen molar-refractivity contribution < 1.29 is 13.3 Å². The van der Waals surface area contributed by atoms with Crippen LogP contribution in [0.25, 0.3) is 0 Å². The molecule has 0 unspecified atom stereocenters. The van der Waals surface area contributed by atoms with Crippen LogP contribution in [-0.4, -0.2) is 37.3 Å². The zero-order valence-electron chi connectivity index (χ0n) is 11.9. The van der Waals surface area contributed by atoms with Crippen LogP contribution in [0.1, 0.15) is 26.2 Å². The minimum atomic E-state index is -3.81. The van der Waals surface area contributed by atoms with Gasteiger partial charge >= 0.3 is 5.69 Å². The Morgan fingerprint density at radius 1 is 1.33 bits per heavy atom. The van der Waals surface area contributed by atoms with Crippen LogP contribution < -0.4 is 5.32 Å². The Hall–Kier alpha value is -1.67. The minimum absolute atomic E-state index is 0.226. The molecule has 7 nitrogen and oxygen atoms in total. The average molecular weight is 313 g/mol. The summed E-state index contributed by atoms with van der Waals surface area (Å²) in [6.07, 6.45) is 2.38. The lowest BCUT2D eigenvalue weighted by Gasteiger charge is -2.16. The van der Waals surface area contributed by atoms with Crippen LogP contribution in [-0.2, 0) is 10.0 Å². The highest BCUT2D eigenvalue weighted by molar-refractivity contribution is 7.89. The van der Waals surface area contributed by atoms with Crippen LogP contribution in [0.4, 0.5) is 11.4 Å². The Bertz CT molecular complexity index is 624. The smallest absolute Gasteiger partial charge is 0.312 e. The Morgan fingerprint density at radius 2 is 2.00 bits per heavy atom. The first-order valence-electron chi connectivity index (χ1n) is 7.00. The molecule has 8 heteroatoms. The first-order chi connectivity index (χ1) is 9.98. The molecule has 0 bridgehead atoms. The molecule has 1 N–H and O–H groups in total. The fourth-order valence-electron chi connectivity index (χ4n) is 2.39. The van der Waals surface area contributed by atoms with Crippen molar-refractivity contribution in [2.75, 3.05) is 25.0 Å². The third kappa shape index (κ3) is 3.16. The van der Waals surface area contributed by atoms with Crippen LogP contribution in [0.2, 0.25) is 0 Å². The van der Waals surface area contributed by atoms with E-state index >= 15 is 0 Å². The van der Waals surface area contributed by atoms with Gasteiger partial charge in [0.2, 0.25) is 10.0 Å². The second kappa shape index (κ2) is 6.40. The summed E-state index contributed by atoms with van der Waals surface area (Å²) in [7, 11) is -3.81. The van der Waals surface area contributed by atoms with Gasteiger partial charge in [0.1, 0.15) is 5.69 Å². The lowest BCUT2D eigenvalue weighted by molar-refractivity contribution is -0.386. The van der Waals surface area contributed by atoms with E-state index in [0.29, 0.717) is 19.6 Å². The Kier molecular flexibility index (Phi) is 4.79. The molecule has 1 saturated heterocycles. The molecule has 0 amide bonds. The average Bonchev–Trinajstić information content (AvgIpc) is 2.99. The molecule has 21 heavy (non-hydrogen) atoms. The van der Waals surface area contributed by atoms with Gasteiger partial charge in [-0.2, -0.15) is 4.31 Å². The fourth-order valence-corrected chi connectivity index (χ4v) is 4.09. The SMILES string of the molecule is CCCNc1cccc(S(=O)(=O)N2CCCC2)c1[N+](=O)[O-]. The zero-order chi connectivity index (χ0) is 15.5. The van der Waals surface area contributed by atoms with Crippen molar-refractivity contribution in [1.82, 2.24) is 4.31 Å². The van der Waals surface area contributed by atoms with E-state index < -0.39 is 14.9 Å². The maximum absolute atomic E-state index is 12.6. The van der Waals surface area contributed by atoms with Crippen molar-refractivity contribution in [1.29, 1.82) is 0 Å². The summed E-state index contributed by atoms with van der Waals surface area (Å²) in [5, 5.41) is 14.3. The highest BCUT2D eigenvalue weighted by Gasteiger charge is 2.34. The molecule has 1 heterocycles. The Labute approximate surface area is 124 Å². The van der Waals surface area contributed by atoms with E-state index in [1.165, 1.54) is 22.5 Å². The van der Waals surface area contributed by atoms with Crippen molar-refractivity contribution in [2.24, 2.45) is 0 Å². The van der Waals surface area contributed by atoms with Crippen molar-refractivity contribution in [3.63, 3.8) is 0 Å². The molecular formula is C13H19N3O4S. The molecule has 1 fully saturated rings. The summed E-state index contributed by atoms with van der Waals surface area (Å²) < 4.78 is 26.5. The number of hydrogen-bond donors (Lipinski definition) is 1. The van der Waals surface area contributed by atoms with Gasteiger partial charge in [-0.1, -0.05) is 13.0 Å². The van der Waals surface area contributed by atoms with E-state index in [2.05, 4.69) is 5.32 Å². The van der Waals surface area contributed by atoms with Crippen LogP contribution in [0.3, 0.4) is 0 Å². The number of nitro benzene ring substituents is 1. The Balaban J connectivity index is 2.49. The molecule has 0 spiro atoms. The molecule has 1 aromatic carbocycles. The van der Waals surface area contributed by atoms with Crippen molar-refractivity contribution in [3.05, 3.63) is 28.3 Å². The molecule has 0 aliphatic carbocycles. The van der Waals surface area contributed by atoms with Crippen molar-refractivity contribution in [3.8, 4) is 0 Å². The predicted octanol–water partition coefficient (Wildman–Crippen LogP) is 2.20. The van der Waals surface area contributed by atoms with Gasteiger partial charge in [-0.25, -0.2) is 8.42 Å². The van der Waals surface area contributed by atoms with E-state index in [0.717, 1.165) is 19.3 Å². The van der Waals surface area contributed by atoms with Crippen LogP contribution in [0.15, 0.2) is 23.1 Å². The third-order valence-corrected chi connectivity index (χ3v) is 5.36. The molecule has 0 aromatic heterocycles. The summed E-state index contributed by atoms with van der Waals surface area (Å²) in [5.74, 6) is 0. The number of rotatable bonds is 6. The first kappa shape index (κ1) is 15.7. The molecule has 0 radical (unpaired) electrons. The van der Waals surface area contributed by atoms with Crippen LogP contribution in [0, 0.1) is 10.1 Å². The maximum Gasteiger partial charge on any atom is 0.312 e. The lowest BCUT2D eigenvalue weighted by Crippen LogP contribution is -2.28. The van der Waals surface area contributed by atoms with Crippen molar-refractivity contribution >= 4 is 21.4 Å². The summed E-state index contributed by atoms with van der Waals surface area (Å²) in [5.41, 5.74) is -0.111. The monoisotopic (exact) mass is 313 g/mol. The van der Waals surface area contributed by atoms with Gasteiger partial charge in [0.25, 0.3) is 0 Å². The van der Waals surface area contributed by atoms with Gasteiger partial charge in [0.05, 0.1) is 4.92 Å². The van der Waals surface area contributed by atoms with Gasteiger partial charge < -0.3 is 5.32 Å². The fraction of sp³-hybridized carbons (Fsp3) is 0.538. The van der Waals surface area contributed by atoms with Gasteiger partial charge in [0.15, 0.2) is 4.90 Å². The number of hydrogen-bond acceptors (Lipinski definition) is 5. The van der Waals surface area contributed by atoms with E-state index in [-0.39, 0.29) is 16.3 Å². The molecule has 116 valence electrons. The lowest BCUT2D eigenvalue weighted by atomic mass is 10.2. The number of nitrogens with one attached hydrogen (secondary N) is 1. The molecule has 1 aromatic rings. The first-order valence-corrected chi connectivity index (χ1v) is 8.44. The number of sulfonamides is 1. The second-order valence-corrected chi connectivity index (χ2v) is 6.85. The van der Waals surface area contributed by atoms with Gasteiger partial charge in [0, 0.05) is 19.6 Å². The zero-order valence-corrected chi connectivity index (χ0v) is 12.7. The largest absolute Gasteiger partial charge is 0.379 e. The standard InChI is InChI=1S/C13H19N3O4S/c1-2-8-14-11-6-5-7-12(13(11)16(17)18)21(19,20)15-9-3-4-10-15/h5-7,14H,2-4,8-10H2,1H3. The van der Waals surface area contributed by atoms with Gasteiger partial charge in [-0.3, -0.25) is 10.1 Å². The van der Waals surface area contributed by atoms with Gasteiger partial charge in [-0.15, -0.1) is 0 Å². The molecule has 0 atom stereocenters. The van der Waals surface area contributed by atoms with Crippen molar-refractivity contribution in [2.45, 2.75) is 31.1 Å². The number of benzene rings is 1. The summed E-state index contributed by atoms with van der Waals surface area (Å²) >= 11 is 0. The molecule has 1 aliphatic rings. The molecule has 2 rings (SSSR count). The van der Waals surface area contributed by atoms with E-state index in [1.807, 2.05) is 6.92 Å². The van der Waals surface area contributed by atoms with E-state index in [1.54, 1.807) is 0 Å². The minimum Gasteiger partial charge on any atom is -0.379 e. The molecular weight excluding hydrogens is 294 g/mol. The molecule has 0 saturated carbocycles. The summed E-state index contributed by atoms with van der Waals surface area (Å²) in [4.78, 5) is 10.5. The van der Waals surface area contributed by atoms with E-state index in [9.17, 15) is 18.5 Å². The van der Waals surface area contributed by atoms with Gasteiger partial charge in [-0.05, 0) is 31.4 Å². The third-order valence-electron chi connectivity index (χ3n) is 3.43. The topological polar surface area (TPSA) is 92.6 Å². The predicted molar refractivity (Wildman–Crippen MR) is 79.9 cm³/mol. The normalized spacial score (nSPS) is 16.0. The summed E-state index contributed by atoms with van der Waals surface area (Å²) in [6.45, 7) is 3.33. The quantitative estimate of drug-likeness (QED) is 0.642. The highest BCUT2D eigenvalue weighted by Crippen LogP contribution is 2.34. The Morgan fingerprint density at radius 3 is 2.57 bits per heavy atom. The number of nitro groups is 1. The van der Waals surface area contributed by atoms with Crippen LogP contribution in [0.5, 0.6) is 0 Å². The maximum atomic E-state index is 12.6. The van der Waals surface area contributed by atoms with Crippen LogP contribution >= 0.6 is 0 Å². The second-order valence-electron chi connectivity index (χ2n) is 4.95. The number of nitrogens with zero attached hydrogens (tertiary/aromatic N) is 2. The highest BCUT2D eigenvalue weighted by atomic mass is 32.2.